The minimum absolute atomic E-state index is 0.0341. The van der Waals surface area contributed by atoms with E-state index in [-0.39, 0.29) is 6.04 Å². The van der Waals surface area contributed by atoms with Crippen molar-refractivity contribution in [3.8, 4) is 0 Å². The number of hydrazine groups is 1. The minimum Gasteiger partial charge on any atom is -0.472 e. The molecule has 2 rings (SSSR count). The smallest absolute Gasteiger partial charge is 0.0935 e. The Morgan fingerprint density at radius 3 is 2.82 bits per heavy atom. The second-order valence-electron chi connectivity index (χ2n) is 3.72. The molecule has 3 nitrogen and oxygen atoms in total. The van der Waals surface area contributed by atoms with Crippen molar-refractivity contribution in [1.82, 2.24) is 5.43 Å². The van der Waals surface area contributed by atoms with Crippen molar-refractivity contribution < 1.29 is 4.42 Å². The van der Waals surface area contributed by atoms with Crippen LogP contribution in [0.4, 0.5) is 0 Å². The Balaban J connectivity index is 2.23. The summed E-state index contributed by atoms with van der Waals surface area (Å²) < 4.78 is 5.99. The van der Waals surface area contributed by atoms with Crippen molar-refractivity contribution in [2.45, 2.75) is 12.5 Å². The predicted octanol–water partition coefficient (Wildman–Crippen LogP) is 3.44. The van der Waals surface area contributed by atoms with Gasteiger partial charge in [-0.25, -0.2) is 0 Å². The zero-order chi connectivity index (χ0) is 12.3. The van der Waals surface area contributed by atoms with Gasteiger partial charge in [0, 0.05) is 9.50 Å². The van der Waals surface area contributed by atoms with Crippen LogP contribution >= 0.6 is 27.5 Å². The average molecular weight is 316 g/mol. The van der Waals surface area contributed by atoms with Crippen LogP contribution in [0, 0.1) is 0 Å². The molecule has 0 spiro atoms. The van der Waals surface area contributed by atoms with Gasteiger partial charge in [-0.1, -0.05) is 33.6 Å². The largest absolute Gasteiger partial charge is 0.472 e. The van der Waals surface area contributed by atoms with E-state index in [4.69, 9.17) is 21.9 Å². The van der Waals surface area contributed by atoms with Crippen molar-refractivity contribution >= 4 is 27.5 Å². The molecule has 1 heterocycles. The molecule has 2 aromatic rings. The van der Waals surface area contributed by atoms with Crippen LogP contribution in [0.5, 0.6) is 0 Å². The Hall–Kier alpha value is -0.810. The van der Waals surface area contributed by atoms with Crippen LogP contribution in [0.2, 0.25) is 5.02 Å². The molecule has 1 aromatic heterocycles. The highest BCUT2D eigenvalue weighted by Crippen LogP contribution is 2.28. The fraction of sp³-hybridized carbons (Fsp3) is 0.167. The van der Waals surface area contributed by atoms with Gasteiger partial charge in [0.05, 0.1) is 18.6 Å². The summed E-state index contributed by atoms with van der Waals surface area (Å²) in [6.45, 7) is 0. The fourth-order valence-electron chi connectivity index (χ4n) is 1.69. The Morgan fingerprint density at radius 2 is 2.24 bits per heavy atom. The Bertz CT molecular complexity index is 487. The fourth-order valence-corrected chi connectivity index (χ4v) is 2.49. The first kappa shape index (κ1) is 12.6. The minimum atomic E-state index is -0.0341. The van der Waals surface area contributed by atoms with E-state index in [1.807, 2.05) is 24.3 Å². The van der Waals surface area contributed by atoms with Gasteiger partial charge < -0.3 is 4.42 Å². The molecule has 17 heavy (non-hydrogen) atoms. The maximum atomic E-state index is 6.19. The van der Waals surface area contributed by atoms with E-state index >= 15 is 0 Å². The number of nitrogens with two attached hydrogens (primary N) is 1. The molecule has 1 aromatic carbocycles. The summed E-state index contributed by atoms with van der Waals surface area (Å²) in [5, 5.41) is 0.686. The molecule has 0 aliphatic heterocycles. The number of halogens is 2. The van der Waals surface area contributed by atoms with Gasteiger partial charge in [-0.2, -0.15) is 0 Å². The maximum Gasteiger partial charge on any atom is 0.0935 e. The first-order chi connectivity index (χ1) is 8.20. The molecular formula is C12H12BrClN2O. The molecule has 90 valence electrons. The molecule has 5 heteroatoms. The van der Waals surface area contributed by atoms with Crippen LogP contribution in [0.1, 0.15) is 17.2 Å². The van der Waals surface area contributed by atoms with Crippen molar-refractivity contribution in [2.24, 2.45) is 5.84 Å². The number of hydrogen-bond donors (Lipinski definition) is 2. The molecule has 0 radical (unpaired) electrons. The second-order valence-corrected chi connectivity index (χ2v) is 5.04. The van der Waals surface area contributed by atoms with Crippen LogP contribution < -0.4 is 11.3 Å². The number of nitrogens with one attached hydrogen (secondary N) is 1. The van der Waals surface area contributed by atoms with Gasteiger partial charge in [0.15, 0.2) is 0 Å². The summed E-state index contributed by atoms with van der Waals surface area (Å²) in [7, 11) is 0. The standard InChI is InChI=1S/C12H12BrClN2O/c13-9-1-2-10(11(14)6-9)12(16-15)5-8-3-4-17-7-8/h1-4,6-7,12,16H,5,15H2. The Labute approximate surface area is 113 Å². The number of benzene rings is 1. The molecule has 0 aliphatic carbocycles. The maximum absolute atomic E-state index is 6.19. The van der Waals surface area contributed by atoms with Gasteiger partial charge in [0.2, 0.25) is 0 Å². The number of furan rings is 1. The SMILES string of the molecule is NNC(Cc1ccoc1)c1ccc(Br)cc1Cl. The summed E-state index contributed by atoms with van der Waals surface area (Å²) in [4.78, 5) is 0. The highest BCUT2D eigenvalue weighted by atomic mass is 79.9. The van der Waals surface area contributed by atoms with E-state index < -0.39 is 0 Å². The molecule has 0 bridgehead atoms. The molecule has 1 atom stereocenters. The summed E-state index contributed by atoms with van der Waals surface area (Å²) in [5.74, 6) is 5.58. The predicted molar refractivity (Wildman–Crippen MR) is 71.6 cm³/mol. The summed E-state index contributed by atoms with van der Waals surface area (Å²) in [6.07, 6.45) is 4.08. The second kappa shape index (κ2) is 5.69. The molecule has 0 fully saturated rings. The van der Waals surface area contributed by atoms with Gasteiger partial charge in [0.25, 0.3) is 0 Å². The van der Waals surface area contributed by atoms with E-state index in [0.717, 1.165) is 22.0 Å². The van der Waals surface area contributed by atoms with E-state index in [1.165, 1.54) is 0 Å². The zero-order valence-electron chi connectivity index (χ0n) is 8.99. The van der Waals surface area contributed by atoms with Crippen molar-refractivity contribution in [2.75, 3.05) is 0 Å². The third kappa shape index (κ3) is 3.10. The van der Waals surface area contributed by atoms with Gasteiger partial charge in [-0.05, 0) is 35.7 Å². The van der Waals surface area contributed by atoms with Gasteiger partial charge in [-0.15, -0.1) is 0 Å². The van der Waals surface area contributed by atoms with Crippen LogP contribution in [-0.2, 0) is 6.42 Å². The van der Waals surface area contributed by atoms with Crippen LogP contribution in [0.25, 0.3) is 0 Å². The number of hydrogen-bond acceptors (Lipinski definition) is 3. The van der Waals surface area contributed by atoms with E-state index in [2.05, 4.69) is 21.4 Å². The molecule has 3 N–H and O–H groups in total. The molecule has 0 amide bonds. The average Bonchev–Trinajstić information content (AvgIpc) is 2.79. The summed E-state index contributed by atoms with van der Waals surface area (Å²) in [6, 6.07) is 7.64. The monoisotopic (exact) mass is 314 g/mol. The number of rotatable bonds is 4. The van der Waals surface area contributed by atoms with Crippen molar-refractivity contribution in [3.05, 3.63) is 57.4 Å². The topological polar surface area (TPSA) is 51.2 Å². The lowest BCUT2D eigenvalue weighted by atomic mass is 10.0. The van der Waals surface area contributed by atoms with Crippen molar-refractivity contribution in [3.63, 3.8) is 0 Å². The normalized spacial score (nSPS) is 12.6. The first-order valence-corrected chi connectivity index (χ1v) is 6.30. The highest BCUT2D eigenvalue weighted by Gasteiger charge is 2.14. The molecule has 0 aliphatic rings. The Kier molecular flexibility index (Phi) is 4.23. The summed E-state index contributed by atoms with van der Waals surface area (Å²) in [5.41, 5.74) is 4.82. The Morgan fingerprint density at radius 1 is 1.41 bits per heavy atom. The van der Waals surface area contributed by atoms with Crippen LogP contribution in [-0.4, -0.2) is 0 Å². The lowest BCUT2D eigenvalue weighted by Gasteiger charge is -2.17. The molecule has 0 saturated heterocycles. The van der Waals surface area contributed by atoms with E-state index in [0.29, 0.717) is 5.02 Å². The lowest BCUT2D eigenvalue weighted by molar-refractivity contribution is 0.536. The third-order valence-electron chi connectivity index (χ3n) is 2.56. The van der Waals surface area contributed by atoms with E-state index in [1.54, 1.807) is 12.5 Å². The van der Waals surface area contributed by atoms with Crippen molar-refractivity contribution in [1.29, 1.82) is 0 Å². The van der Waals surface area contributed by atoms with E-state index in [9.17, 15) is 0 Å². The molecule has 1 unspecified atom stereocenters. The molecular weight excluding hydrogens is 304 g/mol. The summed E-state index contributed by atoms with van der Waals surface area (Å²) >= 11 is 9.57. The van der Waals surface area contributed by atoms with Crippen LogP contribution in [0.3, 0.4) is 0 Å². The van der Waals surface area contributed by atoms with Gasteiger partial charge in [-0.3, -0.25) is 11.3 Å². The first-order valence-electron chi connectivity index (χ1n) is 5.13. The molecule has 0 saturated carbocycles. The van der Waals surface area contributed by atoms with Gasteiger partial charge >= 0.3 is 0 Å². The van der Waals surface area contributed by atoms with Gasteiger partial charge in [0.1, 0.15) is 0 Å². The third-order valence-corrected chi connectivity index (χ3v) is 3.38. The lowest BCUT2D eigenvalue weighted by Crippen LogP contribution is -2.29. The zero-order valence-corrected chi connectivity index (χ0v) is 11.3. The quantitative estimate of drug-likeness (QED) is 0.671. The van der Waals surface area contributed by atoms with Crippen LogP contribution in [0.15, 0.2) is 45.7 Å². The highest BCUT2D eigenvalue weighted by molar-refractivity contribution is 9.10.